The van der Waals surface area contributed by atoms with E-state index in [9.17, 15) is 27.7 Å². The molecule has 1 N–H and O–H groups in total. The number of benzene rings is 2. The molecule has 2 heterocycles. The van der Waals surface area contributed by atoms with Gasteiger partial charge in [0.1, 0.15) is 39.3 Å². The highest BCUT2D eigenvalue weighted by Crippen LogP contribution is 2.42. The average molecular weight is 595 g/mol. The van der Waals surface area contributed by atoms with Crippen LogP contribution >= 0.6 is 0 Å². The molecule has 10 heteroatoms. The van der Waals surface area contributed by atoms with Crippen molar-refractivity contribution < 1.29 is 31.9 Å². The summed E-state index contributed by atoms with van der Waals surface area (Å²) >= 11 is 0. The molecule has 0 unspecified atom stereocenters. The predicted octanol–water partition coefficient (Wildman–Crippen LogP) is 5.49. The lowest BCUT2D eigenvalue weighted by atomic mass is 9.81. The van der Waals surface area contributed by atoms with Gasteiger partial charge in [-0.15, -0.1) is 0 Å². The van der Waals surface area contributed by atoms with E-state index in [1.54, 1.807) is 31.2 Å². The predicted molar refractivity (Wildman–Crippen MR) is 163 cm³/mol. The highest BCUT2D eigenvalue weighted by Gasteiger charge is 2.44. The quantitative estimate of drug-likeness (QED) is 0.126. The molecule has 4 rings (SSSR count). The Bertz CT molecular complexity index is 1750. The van der Waals surface area contributed by atoms with Gasteiger partial charge in [-0.1, -0.05) is 0 Å². The van der Waals surface area contributed by atoms with Crippen LogP contribution in [0.2, 0.25) is 0 Å². The first-order chi connectivity index (χ1) is 19.8. The molecular formula is C32H38N2O7S. The van der Waals surface area contributed by atoms with Crippen LogP contribution in [-0.2, 0) is 20.3 Å². The lowest BCUT2D eigenvalue weighted by Crippen LogP contribution is -2.28. The van der Waals surface area contributed by atoms with Crippen molar-refractivity contribution in [2.24, 2.45) is 0 Å². The number of aromatic hydroxyl groups is 1. The molecule has 9 nitrogen and oxygen atoms in total. The molecule has 1 aromatic heterocycles. The van der Waals surface area contributed by atoms with Crippen LogP contribution in [0.15, 0.2) is 56.6 Å². The zero-order valence-electron chi connectivity index (χ0n) is 24.8. The van der Waals surface area contributed by atoms with Gasteiger partial charge in [0.05, 0.1) is 15.7 Å². The third kappa shape index (κ3) is 6.19. The first kappa shape index (κ1) is 31.2. The van der Waals surface area contributed by atoms with Crippen molar-refractivity contribution in [1.82, 2.24) is 0 Å². The monoisotopic (exact) mass is 594 g/mol. The number of allylic oxidation sites excluding steroid dienone is 1. The van der Waals surface area contributed by atoms with Crippen molar-refractivity contribution in [3.63, 3.8) is 0 Å². The Morgan fingerprint density at radius 2 is 1.79 bits per heavy atom. The van der Waals surface area contributed by atoms with Crippen molar-refractivity contribution in [2.45, 2.75) is 70.6 Å². The van der Waals surface area contributed by atoms with Gasteiger partial charge in [-0.25, -0.2) is 13.2 Å². The molecule has 1 aliphatic heterocycles. The summed E-state index contributed by atoms with van der Waals surface area (Å²) < 4.78 is 43.1. The lowest BCUT2D eigenvalue weighted by molar-refractivity contribution is -0.438. The summed E-state index contributed by atoms with van der Waals surface area (Å²) in [5, 5.41) is 11.5. The Hall–Kier alpha value is -3.76. The largest absolute Gasteiger partial charge is 0.744 e. The standard InChI is InChI=1S/C32H38N2O7S/c1-6-33(7-2)22-12-14-24-28(19-22)41-31(37)25(30(24)36)15-17-29-32(4,5)26-20-23(42(38,39)40)13-16-27(26)34(29)18-10-8-9-11-21(3)35/h12-17,19-20H,6-11,18H2,1-5H3,(H,38,39,40). The first-order valence-corrected chi connectivity index (χ1v) is 15.7. The molecule has 0 amide bonds. The number of carbonyl (C=O) groups excluding carboxylic acids is 1. The van der Waals surface area contributed by atoms with Gasteiger partial charge in [0.25, 0.3) is 0 Å². The van der Waals surface area contributed by atoms with Crippen molar-refractivity contribution in [1.29, 1.82) is 0 Å². The minimum absolute atomic E-state index is 0.00146. The topological polar surface area (TPSA) is 131 Å². The molecule has 0 atom stereocenters. The summed E-state index contributed by atoms with van der Waals surface area (Å²) in [6.45, 7) is 11.6. The number of hydrogen-bond donors (Lipinski definition) is 1. The van der Waals surface area contributed by atoms with Crippen LogP contribution in [0.5, 0.6) is 5.75 Å². The van der Waals surface area contributed by atoms with E-state index in [-0.39, 0.29) is 22.0 Å². The second-order valence-corrected chi connectivity index (χ2v) is 12.5. The van der Waals surface area contributed by atoms with Crippen LogP contribution in [0.1, 0.15) is 71.4 Å². The zero-order valence-corrected chi connectivity index (χ0v) is 25.6. The lowest BCUT2D eigenvalue weighted by Gasteiger charge is -2.21. The highest BCUT2D eigenvalue weighted by atomic mass is 32.2. The number of Topliss-reactive ketones (excluding diaryl/α,β-unsaturated/α-hetero) is 1. The molecule has 0 aliphatic carbocycles. The van der Waals surface area contributed by atoms with Crippen molar-refractivity contribution in [3.05, 3.63) is 64.0 Å². The summed E-state index contributed by atoms with van der Waals surface area (Å²) in [6.07, 6.45) is 6.12. The molecular weight excluding hydrogens is 556 g/mol. The maximum atomic E-state index is 13.1. The number of anilines is 1. The van der Waals surface area contributed by atoms with Crippen LogP contribution in [-0.4, -0.2) is 53.8 Å². The van der Waals surface area contributed by atoms with Crippen LogP contribution < -0.4 is 10.5 Å². The Morgan fingerprint density at radius 3 is 2.43 bits per heavy atom. The van der Waals surface area contributed by atoms with Crippen LogP contribution in [0.25, 0.3) is 17.0 Å². The van der Waals surface area contributed by atoms with E-state index in [2.05, 4.69) is 4.90 Å². The smallest absolute Gasteiger partial charge is 0.347 e. The van der Waals surface area contributed by atoms with E-state index in [1.165, 1.54) is 18.2 Å². The molecule has 0 saturated heterocycles. The van der Waals surface area contributed by atoms with Gasteiger partial charge < -0.3 is 23.8 Å². The van der Waals surface area contributed by atoms with Gasteiger partial charge in [-0.2, -0.15) is 4.58 Å². The molecule has 0 fully saturated rings. The Kier molecular flexibility index (Phi) is 9.08. The summed E-state index contributed by atoms with van der Waals surface area (Å²) in [5.41, 5.74) is 1.96. The van der Waals surface area contributed by atoms with E-state index < -0.39 is 21.2 Å². The van der Waals surface area contributed by atoms with E-state index >= 15 is 0 Å². The molecule has 224 valence electrons. The number of nitrogens with zero attached hydrogens (tertiary/aromatic N) is 2. The Balaban J connectivity index is 1.77. The van der Waals surface area contributed by atoms with Gasteiger partial charge in [0.2, 0.25) is 5.69 Å². The fourth-order valence-corrected chi connectivity index (χ4v) is 6.15. The third-order valence-corrected chi connectivity index (χ3v) is 8.83. The summed E-state index contributed by atoms with van der Waals surface area (Å²) in [7, 11) is -4.66. The maximum absolute atomic E-state index is 13.1. The zero-order chi connectivity index (χ0) is 30.8. The molecule has 42 heavy (non-hydrogen) atoms. The van der Waals surface area contributed by atoms with Crippen LogP contribution in [0.3, 0.4) is 0 Å². The third-order valence-electron chi connectivity index (χ3n) is 8.00. The van der Waals surface area contributed by atoms with Gasteiger partial charge >= 0.3 is 5.63 Å². The van der Waals surface area contributed by atoms with Crippen molar-refractivity contribution in [3.8, 4) is 5.75 Å². The second-order valence-electron chi connectivity index (χ2n) is 11.1. The molecule has 0 bridgehead atoms. The Morgan fingerprint density at radius 1 is 1.07 bits per heavy atom. The molecule has 3 aromatic rings. The number of hydrogen-bond acceptors (Lipinski definition) is 8. The van der Waals surface area contributed by atoms with E-state index in [0.717, 1.165) is 49.4 Å². The molecule has 0 saturated carbocycles. The molecule has 0 spiro atoms. The van der Waals surface area contributed by atoms with Gasteiger partial charge in [0.15, 0.2) is 5.71 Å². The number of ketones is 1. The number of carbonyl (C=O) groups is 1. The minimum Gasteiger partial charge on any atom is -0.744 e. The number of fused-ring (bicyclic) bond motifs is 2. The maximum Gasteiger partial charge on any atom is 0.347 e. The molecule has 0 radical (unpaired) electrons. The van der Waals surface area contributed by atoms with Crippen molar-refractivity contribution in [2.75, 3.05) is 24.5 Å². The number of unbranched alkanes of at least 4 members (excludes halogenated alkanes) is 2. The molecule has 2 aromatic carbocycles. The summed E-state index contributed by atoms with van der Waals surface area (Å²) in [5.74, 6) is -0.0458. The molecule has 1 aliphatic rings. The summed E-state index contributed by atoms with van der Waals surface area (Å²) in [6, 6.07) is 9.72. The minimum atomic E-state index is -4.66. The Labute approximate surface area is 246 Å². The average Bonchev–Trinajstić information content (AvgIpc) is 3.13. The van der Waals surface area contributed by atoms with E-state index in [0.29, 0.717) is 29.5 Å². The van der Waals surface area contributed by atoms with Crippen LogP contribution in [0.4, 0.5) is 11.4 Å². The van der Waals surface area contributed by atoms with Gasteiger partial charge in [-0.3, -0.25) is 0 Å². The van der Waals surface area contributed by atoms with Crippen molar-refractivity contribution >= 4 is 50.0 Å². The van der Waals surface area contributed by atoms with Gasteiger partial charge in [0, 0.05) is 55.4 Å². The van der Waals surface area contributed by atoms with Crippen LogP contribution in [0, 0.1) is 0 Å². The number of rotatable bonds is 12. The van der Waals surface area contributed by atoms with E-state index in [4.69, 9.17) is 4.42 Å². The summed E-state index contributed by atoms with van der Waals surface area (Å²) in [4.78, 5) is 26.2. The fraction of sp³-hybridized carbons (Fsp3) is 0.406. The SMILES string of the molecule is CCN(CC)c1ccc2c(O)c(/C=C/C3=[N+](CCCCCC(C)=O)c4ccc(S(=O)(=O)[O-])cc4C3(C)C)c(=O)oc2c1. The van der Waals surface area contributed by atoms with Gasteiger partial charge in [-0.05, 0) is 77.8 Å². The fourth-order valence-electron chi connectivity index (χ4n) is 5.65. The highest BCUT2D eigenvalue weighted by molar-refractivity contribution is 7.85. The second kappa shape index (κ2) is 12.2. The first-order valence-electron chi connectivity index (χ1n) is 14.3. The normalized spacial score (nSPS) is 14.6. The van der Waals surface area contributed by atoms with E-state index in [1.807, 2.05) is 38.3 Å².